The van der Waals surface area contributed by atoms with Crippen LogP contribution >= 0.6 is 0 Å². The topological polar surface area (TPSA) is 77.8 Å². The number of phenols is 3. The van der Waals surface area contributed by atoms with E-state index in [1.807, 2.05) is 19.1 Å². The van der Waals surface area contributed by atoms with E-state index < -0.39 is 0 Å². The second-order valence-electron chi connectivity index (χ2n) is 5.37. The zero-order chi connectivity index (χ0) is 17.5. The van der Waals surface area contributed by atoms with Crippen LogP contribution in [0.1, 0.15) is 34.8 Å². The molecule has 0 spiro atoms. The molecule has 2 rings (SSSR count). The summed E-state index contributed by atoms with van der Waals surface area (Å²) in [4.78, 5) is 12.3. The summed E-state index contributed by atoms with van der Waals surface area (Å²) in [7, 11) is 0. The summed E-state index contributed by atoms with van der Waals surface area (Å²) in [5.41, 5.74) is 1.48. The Bertz CT molecular complexity index is 771. The molecular weight excluding hydrogens is 304 g/mol. The lowest BCUT2D eigenvalue weighted by atomic mass is 10.0. The summed E-state index contributed by atoms with van der Waals surface area (Å²) in [6.07, 6.45) is 8.21. The van der Waals surface area contributed by atoms with Gasteiger partial charge in [0.2, 0.25) is 0 Å². The highest BCUT2D eigenvalue weighted by molar-refractivity contribution is 6.08. The van der Waals surface area contributed by atoms with Crippen molar-refractivity contribution in [2.75, 3.05) is 0 Å². The molecule has 124 valence electrons. The van der Waals surface area contributed by atoms with E-state index in [-0.39, 0.29) is 28.6 Å². The van der Waals surface area contributed by atoms with Gasteiger partial charge in [0.25, 0.3) is 0 Å². The van der Waals surface area contributed by atoms with Gasteiger partial charge in [0.05, 0.1) is 5.56 Å². The average Bonchev–Trinajstić information content (AvgIpc) is 2.56. The van der Waals surface area contributed by atoms with Crippen molar-refractivity contribution in [1.82, 2.24) is 0 Å². The van der Waals surface area contributed by atoms with E-state index in [2.05, 4.69) is 0 Å². The molecule has 2 aromatic carbocycles. The molecule has 2 aromatic rings. The number of carbonyl (C=O) groups excluding carboxylic acids is 1. The van der Waals surface area contributed by atoms with Gasteiger partial charge in [0.1, 0.15) is 17.2 Å². The molecule has 0 aliphatic carbocycles. The van der Waals surface area contributed by atoms with E-state index in [1.54, 1.807) is 18.2 Å². The van der Waals surface area contributed by atoms with Crippen molar-refractivity contribution in [2.45, 2.75) is 19.8 Å². The van der Waals surface area contributed by atoms with Gasteiger partial charge in [0, 0.05) is 6.07 Å². The van der Waals surface area contributed by atoms with Crippen LogP contribution in [-0.2, 0) is 6.42 Å². The molecule has 0 saturated heterocycles. The minimum absolute atomic E-state index is 0.0349. The molecule has 0 unspecified atom stereocenters. The number of hydrogen-bond acceptors (Lipinski definition) is 4. The van der Waals surface area contributed by atoms with E-state index in [0.717, 1.165) is 12.0 Å². The van der Waals surface area contributed by atoms with Crippen molar-refractivity contribution in [1.29, 1.82) is 0 Å². The Balaban J connectivity index is 2.23. The van der Waals surface area contributed by atoms with E-state index in [9.17, 15) is 20.1 Å². The number of rotatable bonds is 6. The summed E-state index contributed by atoms with van der Waals surface area (Å²) >= 11 is 0. The monoisotopic (exact) mass is 324 g/mol. The predicted molar refractivity (Wildman–Crippen MR) is 94.4 cm³/mol. The Morgan fingerprint density at radius 1 is 1.00 bits per heavy atom. The van der Waals surface area contributed by atoms with Crippen molar-refractivity contribution in [2.24, 2.45) is 0 Å². The molecule has 0 fully saturated rings. The molecule has 3 N–H and O–H groups in total. The van der Waals surface area contributed by atoms with Crippen LogP contribution in [0, 0.1) is 0 Å². The minimum atomic E-state index is -0.360. The van der Waals surface area contributed by atoms with Gasteiger partial charge in [-0.15, -0.1) is 0 Å². The number of allylic oxidation sites excluding steroid dienone is 3. The molecule has 4 nitrogen and oxygen atoms in total. The first-order valence-electron chi connectivity index (χ1n) is 7.72. The summed E-state index contributed by atoms with van der Waals surface area (Å²) in [6, 6.07) is 9.11. The predicted octanol–water partition coefficient (Wildman–Crippen LogP) is 4.21. The van der Waals surface area contributed by atoms with Crippen LogP contribution in [0.15, 0.2) is 54.6 Å². The van der Waals surface area contributed by atoms with Crippen molar-refractivity contribution in [3.8, 4) is 17.2 Å². The molecule has 0 radical (unpaired) electrons. The summed E-state index contributed by atoms with van der Waals surface area (Å²) < 4.78 is 0. The van der Waals surface area contributed by atoms with E-state index in [0.29, 0.717) is 12.0 Å². The molecule has 0 saturated carbocycles. The highest BCUT2D eigenvalue weighted by atomic mass is 16.3. The van der Waals surface area contributed by atoms with Crippen LogP contribution < -0.4 is 0 Å². The summed E-state index contributed by atoms with van der Waals surface area (Å²) in [5, 5.41) is 29.0. The molecule has 4 heteroatoms. The Hall–Kier alpha value is -3.01. The normalized spacial score (nSPS) is 11.4. The third-order valence-corrected chi connectivity index (χ3v) is 3.52. The maximum absolute atomic E-state index is 12.3. The van der Waals surface area contributed by atoms with Crippen molar-refractivity contribution < 1.29 is 20.1 Å². The lowest BCUT2D eigenvalue weighted by molar-refractivity contribution is 0.104. The molecule has 0 amide bonds. The van der Waals surface area contributed by atoms with E-state index >= 15 is 0 Å². The number of benzene rings is 2. The summed E-state index contributed by atoms with van der Waals surface area (Å²) in [6.45, 7) is 2.01. The number of ketones is 1. The van der Waals surface area contributed by atoms with Crippen molar-refractivity contribution >= 4 is 11.9 Å². The Kier molecular flexibility index (Phi) is 5.79. The van der Waals surface area contributed by atoms with Gasteiger partial charge in [-0.25, -0.2) is 0 Å². The van der Waals surface area contributed by atoms with Crippen molar-refractivity contribution in [3.63, 3.8) is 0 Å². The molecule has 0 aliphatic heterocycles. The van der Waals surface area contributed by atoms with Crippen molar-refractivity contribution in [3.05, 3.63) is 71.3 Å². The molecule has 0 aromatic heterocycles. The van der Waals surface area contributed by atoms with E-state index in [4.69, 9.17) is 0 Å². The van der Waals surface area contributed by atoms with Crippen LogP contribution in [0.25, 0.3) is 6.08 Å². The van der Waals surface area contributed by atoms with Gasteiger partial charge in [0.15, 0.2) is 5.78 Å². The third-order valence-electron chi connectivity index (χ3n) is 3.52. The van der Waals surface area contributed by atoms with Gasteiger partial charge in [-0.1, -0.05) is 37.3 Å². The van der Waals surface area contributed by atoms with Gasteiger partial charge in [-0.05, 0) is 48.2 Å². The highest BCUT2D eigenvalue weighted by Gasteiger charge is 2.12. The third kappa shape index (κ3) is 4.49. The lowest BCUT2D eigenvalue weighted by Crippen LogP contribution is -1.97. The largest absolute Gasteiger partial charge is 0.508 e. The highest BCUT2D eigenvalue weighted by Crippen LogP contribution is 2.28. The van der Waals surface area contributed by atoms with Crippen LogP contribution in [-0.4, -0.2) is 21.1 Å². The number of carbonyl (C=O) groups is 1. The van der Waals surface area contributed by atoms with Gasteiger partial charge in [-0.2, -0.15) is 0 Å². The smallest absolute Gasteiger partial charge is 0.189 e. The fourth-order valence-corrected chi connectivity index (χ4v) is 2.21. The zero-order valence-corrected chi connectivity index (χ0v) is 13.4. The molecule has 0 aliphatic rings. The molecule has 0 heterocycles. The number of aromatic hydroxyl groups is 3. The van der Waals surface area contributed by atoms with Gasteiger partial charge >= 0.3 is 0 Å². The molecule has 0 bridgehead atoms. The lowest BCUT2D eigenvalue weighted by Gasteiger charge is -2.07. The fourth-order valence-electron chi connectivity index (χ4n) is 2.21. The maximum atomic E-state index is 12.3. The molecule has 24 heavy (non-hydrogen) atoms. The average molecular weight is 324 g/mol. The Morgan fingerprint density at radius 2 is 1.71 bits per heavy atom. The quantitative estimate of drug-likeness (QED) is 0.422. The Labute approximate surface area is 141 Å². The maximum Gasteiger partial charge on any atom is 0.189 e. The van der Waals surface area contributed by atoms with Gasteiger partial charge < -0.3 is 15.3 Å². The fraction of sp³-hybridized carbons (Fsp3) is 0.150. The Morgan fingerprint density at radius 3 is 2.38 bits per heavy atom. The van der Waals surface area contributed by atoms with Crippen LogP contribution in [0.4, 0.5) is 0 Å². The van der Waals surface area contributed by atoms with Crippen LogP contribution in [0.5, 0.6) is 17.2 Å². The van der Waals surface area contributed by atoms with Crippen LogP contribution in [0.3, 0.4) is 0 Å². The SMILES string of the molecule is CCC=CCc1cc(C(=O)C=Cc2ccc(O)cc2)c(O)cc1O. The standard InChI is InChI=1S/C20H20O4/c1-2-3-4-5-15-12-17(20(24)13-19(15)23)18(22)11-8-14-6-9-16(21)10-7-14/h3-4,6-13,21,23-24H,2,5H2,1H3. The second kappa shape index (κ2) is 8.02. The first-order valence-corrected chi connectivity index (χ1v) is 7.72. The van der Waals surface area contributed by atoms with Gasteiger partial charge in [-0.3, -0.25) is 4.79 Å². The summed E-state index contributed by atoms with van der Waals surface area (Å²) in [5.74, 6) is -0.496. The zero-order valence-electron chi connectivity index (χ0n) is 13.4. The first kappa shape index (κ1) is 17.3. The van der Waals surface area contributed by atoms with Crippen LogP contribution in [0.2, 0.25) is 0 Å². The first-order chi connectivity index (χ1) is 11.5. The van der Waals surface area contributed by atoms with E-state index in [1.165, 1.54) is 30.3 Å². The molecule has 0 atom stereocenters. The molecular formula is C20H20O4. The number of hydrogen-bond donors (Lipinski definition) is 3. The second-order valence-corrected chi connectivity index (χ2v) is 5.37. The number of phenolic OH excluding ortho intramolecular Hbond substituents is 3. The minimum Gasteiger partial charge on any atom is -0.508 e.